The van der Waals surface area contributed by atoms with Crippen molar-refractivity contribution in [3.8, 4) is 0 Å². The van der Waals surface area contributed by atoms with Crippen LogP contribution in [0.1, 0.15) is 129 Å². The van der Waals surface area contributed by atoms with E-state index in [1.807, 2.05) is 45.0 Å². The van der Waals surface area contributed by atoms with E-state index in [2.05, 4.69) is 84.0 Å². The lowest BCUT2D eigenvalue weighted by Gasteiger charge is -2.23. The summed E-state index contributed by atoms with van der Waals surface area (Å²) < 4.78 is 20.7. The first-order valence-corrected chi connectivity index (χ1v) is 17.5. The zero-order chi connectivity index (χ0) is 35.0. The second kappa shape index (κ2) is 19.6. The van der Waals surface area contributed by atoms with Crippen molar-refractivity contribution in [2.75, 3.05) is 19.8 Å². The van der Waals surface area contributed by atoms with Gasteiger partial charge in [0, 0.05) is 0 Å². The van der Waals surface area contributed by atoms with Crippen molar-refractivity contribution in [2.24, 2.45) is 5.41 Å². The van der Waals surface area contributed by atoms with Crippen LogP contribution < -0.4 is 0 Å². The quantitative estimate of drug-likeness (QED) is 0.0749. The van der Waals surface area contributed by atoms with Crippen molar-refractivity contribution in [1.82, 2.24) is 0 Å². The molecule has 4 rings (SSSR count). The summed E-state index contributed by atoms with van der Waals surface area (Å²) in [5.74, 6) is 0.208. The molecule has 260 valence electrons. The van der Waals surface area contributed by atoms with Crippen LogP contribution in [0, 0.1) is 5.41 Å². The van der Waals surface area contributed by atoms with Gasteiger partial charge in [-0.25, -0.2) is 4.79 Å². The van der Waals surface area contributed by atoms with Crippen LogP contribution in [0.3, 0.4) is 0 Å². The molecule has 3 aromatic carbocycles. The monoisotopic (exact) mass is 648 g/mol. The number of fused-ring (bicyclic) bond motifs is 1. The summed E-state index contributed by atoms with van der Waals surface area (Å²) >= 11 is 0. The number of esters is 2. The molecule has 0 amide bonds. The molecule has 0 radical (unpaired) electrons. The van der Waals surface area contributed by atoms with Crippen molar-refractivity contribution in [3.05, 3.63) is 83.4 Å². The Morgan fingerprint density at radius 2 is 1.51 bits per heavy atom. The standard InChI is InChI=1S/C18H28O3.C14H16.C9H16O3/c1-6-8-13-20-14(3)21-17(19)15-9-11-16(12-10-15)18(4,5)7-2;1-3-11(2)13-9-8-12-6-4-5-7-14(12)10-13;1-4-9(2,3)8(10)12-6-7-5-11-7/h9-12,14H,6-8,13H2,1-5H3;4-11H,3H2,1-2H3;7H,4-6H2,1-3H3. The van der Waals surface area contributed by atoms with Gasteiger partial charge in [-0.15, -0.1) is 0 Å². The Bertz CT molecular complexity index is 1360. The number of hydrogen-bond acceptors (Lipinski definition) is 6. The molecule has 1 aliphatic rings. The summed E-state index contributed by atoms with van der Waals surface area (Å²) in [5, 5.41) is 2.69. The van der Waals surface area contributed by atoms with Crippen molar-refractivity contribution < 1.29 is 28.5 Å². The molecule has 1 fully saturated rings. The molecular weight excluding hydrogens is 588 g/mol. The Morgan fingerprint density at radius 1 is 0.872 bits per heavy atom. The normalized spacial score (nSPS) is 15.3. The van der Waals surface area contributed by atoms with Crippen molar-refractivity contribution >= 4 is 22.7 Å². The summed E-state index contributed by atoms with van der Waals surface area (Å²) in [6.45, 7) is 22.5. The van der Waals surface area contributed by atoms with Crippen LogP contribution in [0.4, 0.5) is 0 Å². The molecule has 0 N–H and O–H groups in total. The molecule has 0 spiro atoms. The van der Waals surface area contributed by atoms with Gasteiger partial charge in [0.1, 0.15) is 12.7 Å². The van der Waals surface area contributed by atoms with E-state index < -0.39 is 6.29 Å². The third-order valence-corrected chi connectivity index (χ3v) is 9.10. The van der Waals surface area contributed by atoms with Gasteiger partial charge in [-0.05, 0) is 91.8 Å². The van der Waals surface area contributed by atoms with Gasteiger partial charge in [0.15, 0.2) is 6.29 Å². The van der Waals surface area contributed by atoms with Crippen LogP contribution in [-0.4, -0.2) is 44.2 Å². The summed E-state index contributed by atoms with van der Waals surface area (Å²) in [6.07, 6.45) is 4.77. The second-order valence-corrected chi connectivity index (χ2v) is 13.7. The van der Waals surface area contributed by atoms with Gasteiger partial charge in [0.05, 0.1) is 24.2 Å². The number of epoxide rings is 1. The summed E-state index contributed by atoms with van der Waals surface area (Å²) in [4.78, 5) is 23.4. The van der Waals surface area contributed by atoms with Crippen LogP contribution in [-0.2, 0) is 29.2 Å². The SMILES string of the molecule is CCC(C)(C)C(=O)OCC1CO1.CCC(C)c1ccc2ccccc2c1.CCCCOC(C)OC(=O)c1ccc(C(C)(C)CC)cc1. The lowest BCUT2D eigenvalue weighted by molar-refractivity contribution is -0.154. The molecule has 0 aliphatic carbocycles. The highest BCUT2D eigenvalue weighted by Crippen LogP contribution is 2.27. The summed E-state index contributed by atoms with van der Waals surface area (Å²) in [5.41, 5.74) is 3.02. The second-order valence-electron chi connectivity index (χ2n) is 13.7. The van der Waals surface area contributed by atoms with E-state index >= 15 is 0 Å². The molecule has 1 aliphatic heterocycles. The van der Waals surface area contributed by atoms with Crippen LogP contribution in [0.25, 0.3) is 10.8 Å². The zero-order valence-corrected chi connectivity index (χ0v) is 30.7. The number of rotatable bonds is 14. The molecule has 0 saturated carbocycles. The number of carbonyl (C=O) groups excluding carboxylic acids is 2. The van der Waals surface area contributed by atoms with Crippen molar-refractivity contribution in [1.29, 1.82) is 0 Å². The average molecular weight is 649 g/mol. The average Bonchev–Trinajstić information content (AvgIpc) is 3.92. The van der Waals surface area contributed by atoms with Crippen molar-refractivity contribution in [2.45, 2.75) is 125 Å². The molecule has 3 aromatic rings. The van der Waals surface area contributed by atoms with E-state index in [9.17, 15) is 9.59 Å². The first kappa shape index (κ1) is 40.0. The van der Waals surface area contributed by atoms with Gasteiger partial charge < -0.3 is 18.9 Å². The molecule has 3 atom stereocenters. The Labute approximate surface area is 284 Å². The van der Waals surface area contributed by atoms with Gasteiger partial charge in [-0.1, -0.05) is 109 Å². The minimum atomic E-state index is -0.504. The van der Waals surface area contributed by atoms with Crippen LogP contribution in [0.15, 0.2) is 66.7 Å². The Morgan fingerprint density at radius 3 is 2.06 bits per heavy atom. The molecule has 0 aromatic heterocycles. The van der Waals surface area contributed by atoms with Crippen molar-refractivity contribution in [3.63, 3.8) is 0 Å². The highest BCUT2D eigenvalue weighted by atomic mass is 16.7. The third-order valence-electron chi connectivity index (χ3n) is 9.10. The van der Waals surface area contributed by atoms with E-state index in [0.29, 0.717) is 24.7 Å². The molecule has 0 bridgehead atoms. The maximum absolute atomic E-state index is 12.0. The topological polar surface area (TPSA) is 74.4 Å². The van der Waals surface area contributed by atoms with E-state index in [0.717, 1.165) is 32.3 Å². The maximum Gasteiger partial charge on any atom is 0.340 e. The molecule has 1 heterocycles. The number of unbranched alkanes of at least 4 members (excludes halogenated alkanes) is 1. The number of hydrogen-bond donors (Lipinski definition) is 0. The summed E-state index contributed by atoms with van der Waals surface area (Å²) in [7, 11) is 0. The van der Waals surface area contributed by atoms with Gasteiger partial charge >= 0.3 is 11.9 Å². The van der Waals surface area contributed by atoms with E-state index in [-0.39, 0.29) is 28.9 Å². The highest BCUT2D eigenvalue weighted by Gasteiger charge is 2.30. The molecule has 6 nitrogen and oxygen atoms in total. The Hall–Kier alpha value is -3.22. The van der Waals surface area contributed by atoms with Gasteiger partial charge in [-0.3, -0.25) is 4.79 Å². The third kappa shape index (κ3) is 13.8. The van der Waals surface area contributed by atoms with Crippen LogP contribution >= 0.6 is 0 Å². The lowest BCUT2D eigenvalue weighted by atomic mass is 9.82. The van der Waals surface area contributed by atoms with E-state index in [4.69, 9.17) is 18.9 Å². The minimum absolute atomic E-state index is 0.124. The van der Waals surface area contributed by atoms with Gasteiger partial charge in [0.2, 0.25) is 0 Å². The summed E-state index contributed by atoms with van der Waals surface area (Å²) in [6, 6.07) is 23.0. The molecular formula is C41H60O6. The zero-order valence-electron chi connectivity index (χ0n) is 30.7. The molecule has 1 saturated heterocycles. The fourth-order valence-electron chi connectivity index (χ4n) is 4.33. The first-order valence-electron chi connectivity index (χ1n) is 17.5. The predicted molar refractivity (Wildman–Crippen MR) is 193 cm³/mol. The van der Waals surface area contributed by atoms with E-state index in [1.165, 1.54) is 28.3 Å². The minimum Gasteiger partial charge on any atom is -0.462 e. The highest BCUT2D eigenvalue weighted by molar-refractivity contribution is 5.89. The largest absolute Gasteiger partial charge is 0.462 e. The first-order chi connectivity index (χ1) is 22.3. The van der Waals surface area contributed by atoms with Crippen LogP contribution in [0.2, 0.25) is 0 Å². The van der Waals surface area contributed by atoms with Gasteiger partial charge in [0.25, 0.3) is 0 Å². The fourth-order valence-corrected chi connectivity index (χ4v) is 4.33. The smallest absolute Gasteiger partial charge is 0.340 e. The van der Waals surface area contributed by atoms with Gasteiger partial charge in [-0.2, -0.15) is 0 Å². The lowest BCUT2D eigenvalue weighted by Crippen LogP contribution is -2.27. The Kier molecular flexibility index (Phi) is 16.6. The Balaban J connectivity index is 0.000000257. The number of carbonyl (C=O) groups is 2. The maximum atomic E-state index is 12.0. The predicted octanol–water partition coefficient (Wildman–Crippen LogP) is 10.4. The molecule has 3 unspecified atom stereocenters. The van der Waals surface area contributed by atoms with Crippen LogP contribution in [0.5, 0.6) is 0 Å². The number of benzene rings is 3. The molecule has 47 heavy (non-hydrogen) atoms. The number of ether oxygens (including phenoxy) is 4. The van der Waals surface area contributed by atoms with E-state index in [1.54, 1.807) is 6.92 Å². The molecule has 6 heteroatoms. The fraction of sp³-hybridized carbons (Fsp3) is 0.561.